The second-order valence-corrected chi connectivity index (χ2v) is 11.5. The van der Waals surface area contributed by atoms with Crippen LogP contribution in [0.15, 0.2) is 66.7 Å². The van der Waals surface area contributed by atoms with Crippen molar-refractivity contribution in [1.29, 1.82) is 0 Å². The van der Waals surface area contributed by atoms with Crippen molar-refractivity contribution in [1.82, 2.24) is 9.80 Å². The average Bonchev–Trinajstić information content (AvgIpc) is 3.33. The summed E-state index contributed by atoms with van der Waals surface area (Å²) in [5.74, 6) is 1.36. The number of urea groups is 1. The van der Waals surface area contributed by atoms with Gasteiger partial charge in [-0.3, -0.25) is 0 Å². The average molecular weight is 602 g/mol. The molecule has 0 radical (unpaired) electrons. The number of carbonyl (C=O) groups excluding carboxylic acids is 1. The number of nitrogens with zero attached hydrogens (tertiary/aromatic N) is 2. The summed E-state index contributed by atoms with van der Waals surface area (Å²) < 4.78 is 51.6. The van der Waals surface area contributed by atoms with Crippen LogP contribution in [-0.2, 0) is 18.1 Å². The van der Waals surface area contributed by atoms with Gasteiger partial charge in [0.15, 0.2) is 11.5 Å². The zero-order chi connectivity index (χ0) is 30.1. The lowest BCUT2D eigenvalue weighted by atomic mass is 9.64. The number of hydrogen-bond donors (Lipinski definition) is 1. The highest BCUT2D eigenvalue weighted by molar-refractivity contribution is 6.31. The molecule has 1 saturated carbocycles. The van der Waals surface area contributed by atoms with Crippen molar-refractivity contribution in [3.8, 4) is 11.5 Å². The Morgan fingerprint density at radius 1 is 1.05 bits per heavy atom. The number of anilines is 1. The first-order chi connectivity index (χ1) is 20.1. The second kappa shape index (κ2) is 12.1. The molecule has 0 unspecified atom stereocenters. The van der Waals surface area contributed by atoms with Gasteiger partial charge in [0.2, 0.25) is 0 Å². The Balaban J connectivity index is 1.44. The van der Waals surface area contributed by atoms with Gasteiger partial charge in [0.25, 0.3) is 0 Å². The Kier molecular flexibility index (Phi) is 8.62. The van der Waals surface area contributed by atoms with E-state index in [9.17, 15) is 18.0 Å². The molecular formula is C32H35ClF3N3O3. The lowest BCUT2D eigenvalue weighted by molar-refractivity contribution is -0.137. The van der Waals surface area contributed by atoms with E-state index in [0.717, 1.165) is 49.9 Å². The van der Waals surface area contributed by atoms with E-state index in [0.29, 0.717) is 18.0 Å². The van der Waals surface area contributed by atoms with E-state index in [1.165, 1.54) is 11.6 Å². The maximum absolute atomic E-state index is 13.8. The highest BCUT2D eigenvalue weighted by atomic mass is 35.5. The number of ether oxygens (including phenoxy) is 2. The van der Waals surface area contributed by atoms with Crippen molar-refractivity contribution in [3.63, 3.8) is 0 Å². The summed E-state index contributed by atoms with van der Waals surface area (Å²) in [5, 5.41) is 2.31. The molecule has 3 aromatic carbocycles. The minimum Gasteiger partial charge on any atom is -0.493 e. The van der Waals surface area contributed by atoms with Gasteiger partial charge in [-0.2, -0.15) is 13.2 Å². The Bertz CT molecular complexity index is 1420. The van der Waals surface area contributed by atoms with Gasteiger partial charge in [0.1, 0.15) is 0 Å². The molecule has 0 spiro atoms. The zero-order valence-corrected chi connectivity index (χ0v) is 24.6. The molecule has 0 aromatic heterocycles. The quantitative estimate of drug-likeness (QED) is 0.303. The fourth-order valence-electron chi connectivity index (χ4n) is 6.69. The normalized spacial score (nSPS) is 22.4. The van der Waals surface area contributed by atoms with Gasteiger partial charge in [-0.1, -0.05) is 48.0 Å². The van der Waals surface area contributed by atoms with Crippen molar-refractivity contribution < 1.29 is 27.4 Å². The number of likely N-dealkylation sites (tertiary alicyclic amines) is 1. The number of benzene rings is 3. The monoisotopic (exact) mass is 601 g/mol. The van der Waals surface area contributed by atoms with E-state index in [1.807, 2.05) is 36.4 Å². The van der Waals surface area contributed by atoms with Gasteiger partial charge in [0.05, 0.1) is 24.8 Å². The largest absolute Gasteiger partial charge is 0.493 e. The summed E-state index contributed by atoms with van der Waals surface area (Å²) in [6.07, 6.45) is -1.34. The van der Waals surface area contributed by atoms with Crippen molar-refractivity contribution in [3.05, 3.63) is 88.4 Å². The first kappa shape index (κ1) is 30.0. The number of fused-ring (bicyclic) bond motifs is 1. The number of carbonyl (C=O) groups is 1. The first-order valence-electron chi connectivity index (χ1n) is 14.0. The van der Waals surface area contributed by atoms with Crippen molar-refractivity contribution in [2.24, 2.45) is 0 Å². The predicted octanol–water partition coefficient (Wildman–Crippen LogP) is 7.60. The molecule has 3 atom stereocenters. The van der Waals surface area contributed by atoms with Crippen LogP contribution in [0.1, 0.15) is 42.4 Å². The highest BCUT2D eigenvalue weighted by Gasteiger charge is 2.51. The van der Waals surface area contributed by atoms with Crippen molar-refractivity contribution >= 4 is 23.3 Å². The third-order valence-electron chi connectivity index (χ3n) is 8.88. The molecule has 5 rings (SSSR count). The molecule has 2 fully saturated rings. The van der Waals surface area contributed by atoms with Crippen LogP contribution in [0.5, 0.6) is 11.5 Å². The van der Waals surface area contributed by atoms with Crippen LogP contribution in [0, 0.1) is 0 Å². The van der Waals surface area contributed by atoms with Gasteiger partial charge in [0, 0.05) is 29.7 Å². The van der Waals surface area contributed by atoms with Crippen LogP contribution < -0.4 is 14.8 Å². The third-order valence-corrected chi connectivity index (χ3v) is 9.21. The molecule has 1 aliphatic carbocycles. The van der Waals surface area contributed by atoms with Crippen LogP contribution in [0.25, 0.3) is 0 Å². The summed E-state index contributed by atoms with van der Waals surface area (Å²) in [6.45, 7) is 1.25. The molecule has 1 saturated heterocycles. The lowest BCUT2D eigenvalue weighted by Gasteiger charge is -2.47. The summed E-state index contributed by atoms with van der Waals surface area (Å²) in [6, 6.07) is 18.8. The number of nitrogens with one attached hydrogen (secondary N) is 1. The highest BCUT2D eigenvalue weighted by Crippen LogP contribution is 2.51. The molecule has 1 aliphatic heterocycles. The maximum Gasteiger partial charge on any atom is 0.417 e. The van der Waals surface area contributed by atoms with Crippen LogP contribution in [0.3, 0.4) is 0 Å². The van der Waals surface area contributed by atoms with E-state index >= 15 is 0 Å². The summed E-state index contributed by atoms with van der Waals surface area (Å²) in [4.78, 5) is 17.9. The van der Waals surface area contributed by atoms with Crippen molar-refractivity contribution in [2.45, 2.75) is 55.9 Å². The standard InChI is InChI=1S/C32H35ClF3N3O3/c1-38-16-15-31(22-9-12-27(41-2)28(17-22)42-3)14-13-24(19-29(31)38)39(20-21-7-5-4-6-8-21)30(40)37-23-10-11-26(33)25(18-23)32(34,35)36/h4-12,17-18,24,29H,13-16,19-20H2,1-3H3,(H,37,40)/t24-,29-,31-/m0/s1. The fraction of sp³-hybridized carbons (Fsp3) is 0.406. The molecular weight excluding hydrogens is 567 g/mol. The summed E-state index contributed by atoms with van der Waals surface area (Å²) in [7, 11) is 5.36. The number of alkyl halides is 3. The lowest BCUT2D eigenvalue weighted by Crippen LogP contribution is -2.53. The molecule has 0 bridgehead atoms. The molecule has 1 N–H and O–H groups in total. The molecule has 2 aliphatic rings. The van der Waals surface area contributed by atoms with Crippen LogP contribution >= 0.6 is 11.6 Å². The van der Waals surface area contributed by atoms with Crippen molar-refractivity contribution in [2.75, 3.05) is 33.1 Å². The van der Waals surface area contributed by atoms with Gasteiger partial charge < -0.3 is 24.6 Å². The topological polar surface area (TPSA) is 54.0 Å². The number of hydrogen-bond acceptors (Lipinski definition) is 4. The minimum absolute atomic E-state index is 0.0447. The Morgan fingerprint density at radius 3 is 2.48 bits per heavy atom. The third kappa shape index (κ3) is 5.90. The van der Waals surface area contributed by atoms with E-state index < -0.39 is 22.8 Å². The second-order valence-electron chi connectivity index (χ2n) is 11.1. The Labute approximate surface area is 249 Å². The van der Waals surface area contributed by atoms with E-state index in [4.69, 9.17) is 21.1 Å². The molecule has 10 heteroatoms. The molecule has 6 nitrogen and oxygen atoms in total. The van der Waals surface area contributed by atoms with Crippen LogP contribution in [0.2, 0.25) is 5.02 Å². The van der Waals surface area contributed by atoms with Gasteiger partial charge in [-0.15, -0.1) is 0 Å². The summed E-state index contributed by atoms with van der Waals surface area (Å²) in [5.41, 5.74) is 1.08. The molecule has 42 heavy (non-hydrogen) atoms. The Hall–Kier alpha value is -3.43. The number of methoxy groups -OCH3 is 2. The zero-order valence-electron chi connectivity index (χ0n) is 23.9. The molecule has 1 heterocycles. The summed E-state index contributed by atoms with van der Waals surface area (Å²) >= 11 is 5.81. The van der Waals surface area contributed by atoms with Gasteiger partial charge >= 0.3 is 12.2 Å². The number of rotatable bonds is 7. The minimum atomic E-state index is -4.63. The van der Waals surface area contributed by atoms with E-state index in [1.54, 1.807) is 19.1 Å². The first-order valence-corrected chi connectivity index (χ1v) is 14.3. The smallest absolute Gasteiger partial charge is 0.417 e. The maximum atomic E-state index is 13.8. The number of likely N-dealkylation sites (N-methyl/N-ethyl adjacent to an activating group) is 1. The number of amides is 2. The Morgan fingerprint density at radius 2 is 1.79 bits per heavy atom. The van der Waals surface area contributed by atoms with E-state index in [-0.39, 0.29) is 23.2 Å². The predicted molar refractivity (Wildman–Crippen MR) is 157 cm³/mol. The van der Waals surface area contributed by atoms with Gasteiger partial charge in [-0.05, 0) is 80.7 Å². The van der Waals surface area contributed by atoms with Crippen LogP contribution in [0.4, 0.5) is 23.7 Å². The SMILES string of the molecule is COc1ccc([C@@]23CC[C@H](N(Cc4ccccc4)C(=O)Nc4ccc(Cl)c(C(F)(F)F)c4)C[C@@H]2N(C)CC3)cc1OC. The van der Waals surface area contributed by atoms with Gasteiger partial charge in [-0.25, -0.2) is 4.79 Å². The molecule has 2 amide bonds. The molecule has 224 valence electrons. The molecule has 3 aromatic rings. The van der Waals surface area contributed by atoms with Crippen LogP contribution in [-0.4, -0.2) is 55.7 Å². The number of halogens is 4. The fourth-order valence-corrected chi connectivity index (χ4v) is 6.91. The van der Waals surface area contributed by atoms with E-state index in [2.05, 4.69) is 29.4 Å².